The van der Waals surface area contributed by atoms with Gasteiger partial charge in [-0.2, -0.15) is 0 Å². The largest absolute Gasteiger partial charge is 0.497 e. The average molecular weight is 280 g/mol. The van der Waals surface area contributed by atoms with Crippen LogP contribution < -0.4 is 20.1 Å². The average Bonchev–Trinajstić information content (AvgIpc) is 3.25. The number of methoxy groups -OCH3 is 2. The van der Waals surface area contributed by atoms with E-state index in [2.05, 4.69) is 10.6 Å². The minimum Gasteiger partial charge on any atom is -0.497 e. The van der Waals surface area contributed by atoms with Gasteiger partial charge < -0.3 is 25.2 Å². The first kappa shape index (κ1) is 14.5. The fraction of sp³-hybridized carbons (Fsp3) is 0.500. The van der Waals surface area contributed by atoms with Crippen LogP contribution in [-0.4, -0.2) is 38.5 Å². The molecule has 2 rings (SSSR count). The molecule has 0 bridgehead atoms. The number of aliphatic hydroxyl groups is 1. The fourth-order valence-corrected chi connectivity index (χ4v) is 1.89. The topological polar surface area (TPSA) is 79.8 Å². The predicted molar refractivity (Wildman–Crippen MR) is 75.3 cm³/mol. The van der Waals surface area contributed by atoms with Crippen molar-refractivity contribution >= 4 is 11.7 Å². The molecule has 0 heterocycles. The van der Waals surface area contributed by atoms with Gasteiger partial charge in [0.05, 0.1) is 20.8 Å². The van der Waals surface area contributed by atoms with Crippen molar-refractivity contribution in [1.82, 2.24) is 5.32 Å². The summed E-state index contributed by atoms with van der Waals surface area (Å²) in [5.74, 6) is 1.21. The molecule has 0 atom stereocenters. The van der Waals surface area contributed by atoms with E-state index in [1.807, 2.05) is 0 Å². The zero-order valence-electron chi connectivity index (χ0n) is 11.7. The Hall–Kier alpha value is -1.95. The van der Waals surface area contributed by atoms with Crippen molar-refractivity contribution in [3.05, 3.63) is 18.2 Å². The fourth-order valence-electron chi connectivity index (χ4n) is 1.89. The quantitative estimate of drug-likeness (QED) is 0.739. The summed E-state index contributed by atoms with van der Waals surface area (Å²) in [6.07, 6.45) is 1.91. The van der Waals surface area contributed by atoms with Gasteiger partial charge in [-0.15, -0.1) is 0 Å². The second-order valence-electron chi connectivity index (χ2n) is 5.07. The van der Waals surface area contributed by atoms with Crippen LogP contribution in [0, 0.1) is 5.41 Å². The van der Waals surface area contributed by atoms with Gasteiger partial charge in [-0.25, -0.2) is 4.79 Å². The first-order valence-corrected chi connectivity index (χ1v) is 6.49. The molecule has 0 unspecified atom stereocenters. The van der Waals surface area contributed by atoms with E-state index in [-0.39, 0.29) is 18.1 Å². The summed E-state index contributed by atoms with van der Waals surface area (Å²) in [5, 5.41) is 14.7. The lowest BCUT2D eigenvalue weighted by Crippen LogP contribution is -2.35. The van der Waals surface area contributed by atoms with Crippen molar-refractivity contribution in [2.45, 2.75) is 12.8 Å². The number of rotatable bonds is 6. The van der Waals surface area contributed by atoms with Gasteiger partial charge in [0, 0.05) is 35.8 Å². The highest BCUT2D eigenvalue weighted by Gasteiger charge is 2.42. The first-order chi connectivity index (χ1) is 9.60. The number of ether oxygens (including phenoxy) is 2. The normalized spacial score (nSPS) is 15.3. The number of nitrogens with one attached hydrogen (secondary N) is 2. The maximum absolute atomic E-state index is 11.8. The molecule has 6 nitrogen and oxygen atoms in total. The van der Waals surface area contributed by atoms with E-state index in [0.29, 0.717) is 23.7 Å². The van der Waals surface area contributed by atoms with Crippen LogP contribution in [-0.2, 0) is 0 Å². The molecule has 1 aliphatic carbocycles. The van der Waals surface area contributed by atoms with Crippen molar-refractivity contribution < 1.29 is 19.4 Å². The molecular weight excluding hydrogens is 260 g/mol. The van der Waals surface area contributed by atoms with Crippen LogP contribution in [0.3, 0.4) is 0 Å². The Morgan fingerprint density at radius 2 is 1.85 bits per heavy atom. The van der Waals surface area contributed by atoms with Crippen molar-refractivity contribution in [2.24, 2.45) is 5.41 Å². The molecule has 0 spiro atoms. The Kier molecular flexibility index (Phi) is 4.34. The summed E-state index contributed by atoms with van der Waals surface area (Å²) < 4.78 is 10.3. The van der Waals surface area contributed by atoms with E-state index >= 15 is 0 Å². The van der Waals surface area contributed by atoms with Crippen LogP contribution >= 0.6 is 0 Å². The summed E-state index contributed by atoms with van der Waals surface area (Å²) in [7, 11) is 3.10. The molecule has 1 aromatic carbocycles. The number of anilines is 1. The predicted octanol–water partition coefficient (Wildman–Crippen LogP) is 1.60. The van der Waals surface area contributed by atoms with Gasteiger partial charge in [0.15, 0.2) is 0 Å². The highest BCUT2D eigenvalue weighted by atomic mass is 16.5. The lowest BCUT2D eigenvalue weighted by Gasteiger charge is -2.14. The number of benzene rings is 1. The molecule has 20 heavy (non-hydrogen) atoms. The Morgan fingerprint density at radius 1 is 1.25 bits per heavy atom. The molecule has 1 aliphatic rings. The van der Waals surface area contributed by atoms with E-state index in [4.69, 9.17) is 9.47 Å². The first-order valence-electron chi connectivity index (χ1n) is 6.49. The van der Waals surface area contributed by atoms with Gasteiger partial charge >= 0.3 is 6.03 Å². The maximum atomic E-state index is 11.8. The summed E-state index contributed by atoms with van der Waals surface area (Å²) >= 11 is 0. The van der Waals surface area contributed by atoms with Crippen molar-refractivity contribution in [3.8, 4) is 11.5 Å². The van der Waals surface area contributed by atoms with Crippen molar-refractivity contribution in [2.75, 3.05) is 32.7 Å². The lowest BCUT2D eigenvalue weighted by molar-refractivity contribution is 0.206. The van der Waals surface area contributed by atoms with E-state index < -0.39 is 0 Å². The molecular formula is C14H20N2O4. The van der Waals surface area contributed by atoms with Gasteiger partial charge in [-0.3, -0.25) is 0 Å². The number of carbonyl (C=O) groups is 1. The van der Waals surface area contributed by atoms with Crippen LogP contribution in [0.1, 0.15) is 12.8 Å². The molecule has 1 saturated carbocycles. The maximum Gasteiger partial charge on any atom is 0.319 e. The molecule has 1 fully saturated rings. The summed E-state index contributed by atoms with van der Waals surface area (Å²) in [6.45, 7) is 0.594. The summed E-state index contributed by atoms with van der Waals surface area (Å²) in [6, 6.07) is 4.84. The molecule has 2 amide bonds. The minimum atomic E-state index is -0.306. The molecule has 0 saturated heterocycles. The van der Waals surface area contributed by atoms with Crippen molar-refractivity contribution in [3.63, 3.8) is 0 Å². The molecule has 0 radical (unpaired) electrons. The third-order valence-corrected chi connectivity index (χ3v) is 3.53. The number of urea groups is 1. The van der Waals surface area contributed by atoms with Gasteiger partial charge in [0.2, 0.25) is 0 Å². The molecule has 0 aliphatic heterocycles. The highest BCUT2D eigenvalue weighted by Crippen LogP contribution is 2.44. The molecule has 0 aromatic heterocycles. The van der Waals surface area contributed by atoms with Gasteiger partial charge in [-0.05, 0) is 12.8 Å². The SMILES string of the molecule is COc1cc(NC(=O)NCC2(CO)CC2)cc(OC)c1. The van der Waals surface area contributed by atoms with Crippen LogP contribution in [0.15, 0.2) is 18.2 Å². The van der Waals surface area contributed by atoms with Crippen LogP contribution in [0.4, 0.5) is 10.5 Å². The second kappa shape index (κ2) is 6.00. The van der Waals surface area contributed by atoms with Crippen LogP contribution in [0.5, 0.6) is 11.5 Å². The smallest absolute Gasteiger partial charge is 0.319 e. The molecule has 1 aromatic rings. The highest BCUT2D eigenvalue weighted by molar-refractivity contribution is 5.89. The number of hydrogen-bond donors (Lipinski definition) is 3. The summed E-state index contributed by atoms with van der Waals surface area (Å²) in [5.41, 5.74) is 0.483. The van der Waals surface area contributed by atoms with Gasteiger partial charge in [0.1, 0.15) is 11.5 Å². The van der Waals surface area contributed by atoms with Crippen molar-refractivity contribution in [1.29, 1.82) is 0 Å². The standard InChI is InChI=1S/C14H20N2O4/c1-19-11-5-10(6-12(7-11)20-2)16-13(18)15-8-14(9-17)3-4-14/h5-7,17H,3-4,8-9H2,1-2H3,(H2,15,16,18). The third-order valence-electron chi connectivity index (χ3n) is 3.53. The van der Waals surface area contributed by atoms with Gasteiger partial charge in [-0.1, -0.05) is 0 Å². The van der Waals surface area contributed by atoms with E-state index in [1.54, 1.807) is 32.4 Å². The Balaban J connectivity index is 1.93. The Labute approximate surface area is 118 Å². The molecule has 3 N–H and O–H groups in total. The monoisotopic (exact) mass is 280 g/mol. The van der Waals surface area contributed by atoms with E-state index in [1.165, 1.54) is 0 Å². The second-order valence-corrected chi connectivity index (χ2v) is 5.07. The third kappa shape index (κ3) is 3.54. The van der Waals surface area contributed by atoms with E-state index in [9.17, 15) is 9.90 Å². The number of aliphatic hydroxyl groups excluding tert-OH is 1. The summed E-state index contributed by atoms with van der Waals surface area (Å²) in [4.78, 5) is 11.8. The zero-order valence-corrected chi connectivity index (χ0v) is 11.7. The number of carbonyl (C=O) groups excluding carboxylic acids is 1. The minimum absolute atomic E-state index is 0.108. The molecule has 110 valence electrons. The van der Waals surface area contributed by atoms with Gasteiger partial charge in [0.25, 0.3) is 0 Å². The Bertz CT molecular complexity index is 464. The zero-order chi connectivity index (χ0) is 14.6. The van der Waals surface area contributed by atoms with Crippen LogP contribution in [0.2, 0.25) is 0 Å². The van der Waals surface area contributed by atoms with E-state index in [0.717, 1.165) is 12.8 Å². The molecule has 6 heteroatoms. The number of hydrogen-bond acceptors (Lipinski definition) is 4. The number of amides is 2. The Morgan fingerprint density at radius 3 is 2.30 bits per heavy atom. The lowest BCUT2D eigenvalue weighted by atomic mass is 10.1. The van der Waals surface area contributed by atoms with Crippen LogP contribution in [0.25, 0.3) is 0 Å².